The van der Waals surface area contributed by atoms with Crippen molar-refractivity contribution in [2.24, 2.45) is 4.99 Å². The number of quaternary nitrogens is 1. The van der Waals surface area contributed by atoms with Gasteiger partial charge in [-0.3, -0.25) is 0 Å². The third kappa shape index (κ3) is 2.38. The average Bonchev–Trinajstić information content (AvgIpc) is 2.53. The number of benzene rings is 1. The van der Waals surface area contributed by atoms with E-state index in [1.54, 1.807) is 13.1 Å². The van der Waals surface area contributed by atoms with Crippen molar-refractivity contribution >= 4 is 28.5 Å². The van der Waals surface area contributed by atoms with Crippen LogP contribution < -0.4 is 4.48 Å². The molecule has 2 unspecified atom stereocenters. The number of aliphatic imine (C=N–C) groups is 1. The van der Waals surface area contributed by atoms with Gasteiger partial charge in [-0.1, -0.05) is 0 Å². The number of likely N-dealkylation sites (N-methyl/N-ethyl adjacent to an activating group) is 1. The van der Waals surface area contributed by atoms with Crippen molar-refractivity contribution < 1.29 is 8.78 Å². The Morgan fingerprint density at radius 2 is 1.86 bits per heavy atom. The first-order valence-electron chi connectivity index (χ1n) is 6.56. The minimum atomic E-state index is -0.848. The third-order valence-electron chi connectivity index (χ3n) is 3.61. The molecule has 1 aliphatic rings. The first kappa shape index (κ1) is 15.0. The Bertz CT molecular complexity index is 763. The molecule has 0 fully saturated rings. The summed E-state index contributed by atoms with van der Waals surface area (Å²) < 4.78 is 27.5. The maximum absolute atomic E-state index is 14.1. The van der Waals surface area contributed by atoms with E-state index in [0.29, 0.717) is 11.7 Å². The summed E-state index contributed by atoms with van der Waals surface area (Å²) >= 11 is 2.26. The fourth-order valence-corrected chi connectivity index (χ4v) is 3.04. The van der Waals surface area contributed by atoms with E-state index in [1.165, 1.54) is 12.4 Å². The molecule has 2 radical (unpaired) electrons. The Balaban J connectivity index is 2.21. The number of hydrogen-bond donors (Lipinski definition) is 0. The molecular weight excluding hydrogens is 349 g/mol. The summed E-state index contributed by atoms with van der Waals surface area (Å²) in [5.41, 5.74) is 0.823. The van der Waals surface area contributed by atoms with Crippen LogP contribution in [0.5, 0.6) is 0 Å². The van der Waals surface area contributed by atoms with Crippen LogP contribution in [0.2, 0.25) is 0 Å². The van der Waals surface area contributed by atoms with Crippen molar-refractivity contribution in [3.63, 3.8) is 0 Å². The fraction of sp³-hybridized carbons (Fsp3) is 0.133. The predicted molar refractivity (Wildman–Crippen MR) is 81.4 cm³/mol. The Kier molecular flexibility index (Phi) is 3.89. The SMILES string of the molecule is C[N+]1(c2ccnc(F)n2)C(c2ccccc2)=NC=C(F)C1[As]. The van der Waals surface area contributed by atoms with Gasteiger partial charge >= 0.3 is 135 Å². The van der Waals surface area contributed by atoms with Gasteiger partial charge in [0.15, 0.2) is 0 Å². The molecule has 1 aliphatic heterocycles. The molecule has 2 atom stereocenters. The maximum atomic E-state index is 14.1. The average molecular weight is 361 g/mol. The predicted octanol–water partition coefficient (Wildman–Crippen LogP) is 2.32. The molecule has 0 bridgehead atoms. The van der Waals surface area contributed by atoms with Crippen LogP contribution in [0.4, 0.5) is 14.6 Å². The van der Waals surface area contributed by atoms with Gasteiger partial charge in [0, 0.05) is 0 Å². The molecular formula is C15H12AsF2N4+. The summed E-state index contributed by atoms with van der Waals surface area (Å²) in [6.07, 6.45) is 1.67. The van der Waals surface area contributed by atoms with Crippen molar-refractivity contribution in [3.05, 3.63) is 66.3 Å². The Morgan fingerprint density at radius 1 is 1.14 bits per heavy atom. The molecule has 0 aliphatic carbocycles. The zero-order valence-corrected chi connectivity index (χ0v) is 13.6. The van der Waals surface area contributed by atoms with Crippen LogP contribution >= 0.6 is 0 Å². The van der Waals surface area contributed by atoms with Crippen molar-refractivity contribution in [2.75, 3.05) is 7.05 Å². The zero-order valence-electron chi connectivity index (χ0n) is 11.7. The second-order valence-electron chi connectivity index (χ2n) is 4.97. The monoisotopic (exact) mass is 361 g/mol. The quantitative estimate of drug-likeness (QED) is 0.468. The second kappa shape index (κ2) is 5.70. The van der Waals surface area contributed by atoms with Crippen LogP contribution in [0.3, 0.4) is 0 Å². The van der Waals surface area contributed by atoms with Gasteiger partial charge in [0.25, 0.3) is 0 Å². The van der Waals surface area contributed by atoms with Crippen LogP contribution in [0.25, 0.3) is 0 Å². The number of nitrogens with zero attached hydrogens (tertiary/aromatic N) is 4. The molecule has 0 N–H and O–H groups in total. The third-order valence-corrected chi connectivity index (χ3v) is 5.09. The topological polar surface area (TPSA) is 38.1 Å². The molecule has 22 heavy (non-hydrogen) atoms. The summed E-state index contributed by atoms with van der Waals surface area (Å²) in [5.74, 6) is 0.524. The van der Waals surface area contributed by atoms with E-state index in [4.69, 9.17) is 0 Å². The van der Waals surface area contributed by atoms with Crippen molar-refractivity contribution in [3.8, 4) is 0 Å². The van der Waals surface area contributed by atoms with Crippen LogP contribution in [0, 0.1) is 6.08 Å². The van der Waals surface area contributed by atoms with Crippen LogP contribution in [0.1, 0.15) is 5.56 Å². The molecule has 0 saturated heterocycles. The Morgan fingerprint density at radius 3 is 2.55 bits per heavy atom. The Hall–Kier alpha value is -1.91. The van der Waals surface area contributed by atoms with Gasteiger partial charge < -0.3 is 0 Å². The minimum absolute atomic E-state index is 0.0915. The standard InChI is InChI=1S/C15H12AsF2N4/c1-22(12-7-8-19-15(18)21-12)13(16)11(17)9-20-14(22)10-5-3-2-4-6-10/h2-9,13H,1H3/q+1. The van der Waals surface area contributed by atoms with E-state index in [1.807, 2.05) is 30.3 Å². The normalized spacial score (nSPS) is 24.6. The van der Waals surface area contributed by atoms with E-state index in [0.717, 1.165) is 5.56 Å². The van der Waals surface area contributed by atoms with Crippen LogP contribution in [-0.2, 0) is 0 Å². The van der Waals surface area contributed by atoms with Crippen molar-refractivity contribution in [2.45, 2.75) is 4.83 Å². The molecule has 0 amide bonds. The van der Waals surface area contributed by atoms with Crippen molar-refractivity contribution in [1.29, 1.82) is 0 Å². The first-order valence-corrected chi connectivity index (χ1v) is 7.64. The molecule has 7 heteroatoms. The van der Waals surface area contributed by atoms with Crippen molar-refractivity contribution in [1.82, 2.24) is 14.5 Å². The molecule has 2 heterocycles. The van der Waals surface area contributed by atoms with Gasteiger partial charge in [-0.05, 0) is 0 Å². The number of aromatic nitrogens is 2. The molecule has 2 aromatic rings. The van der Waals surface area contributed by atoms with E-state index < -0.39 is 16.7 Å². The Labute approximate surface area is 135 Å². The van der Waals surface area contributed by atoms with Gasteiger partial charge in [-0.15, -0.1) is 0 Å². The van der Waals surface area contributed by atoms with E-state index in [9.17, 15) is 8.78 Å². The summed E-state index contributed by atoms with van der Waals surface area (Å²) in [6.45, 7) is 0. The van der Waals surface area contributed by atoms with E-state index in [-0.39, 0.29) is 4.48 Å². The molecule has 1 aromatic carbocycles. The molecule has 110 valence electrons. The molecule has 0 saturated carbocycles. The summed E-state index contributed by atoms with van der Waals surface area (Å²) in [4.78, 5) is 10.9. The molecule has 4 nitrogen and oxygen atoms in total. The summed E-state index contributed by atoms with van der Waals surface area (Å²) in [5, 5.41) is 0. The van der Waals surface area contributed by atoms with Gasteiger partial charge in [0.05, 0.1) is 0 Å². The number of hydrogen-bond acceptors (Lipinski definition) is 3. The van der Waals surface area contributed by atoms with E-state index >= 15 is 0 Å². The number of amidine groups is 1. The molecule has 0 spiro atoms. The molecule has 3 rings (SSSR count). The van der Waals surface area contributed by atoms with Gasteiger partial charge in [0.2, 0.25) is 0 Å². The van der Waals surface area contributed by atoms with E-state index in [2.05, 4.69) is 31.8 Å². The van der Waals surface area contributed by atoms with Crippen LogP contribution in [0.15, 0.2) is 59.6 Å². The van der Waals surface area contributed by atoms with Crippen LogP contribution in [-0.4, -0.2) is 44.5 Å². The zero-order chi connectivity index (χ0) is 15.7. The first-order chi connectivity index (χ1) is 10.5. The van der Waals surface area contributed by atoms with Gasteiger partial charge in [0.1, 0.15) is 0 Å². The van der Waals surface area contributed by atoms with Gasteiger partial charge in [-0.2, -0.15) is 0 Å². The fourth-order valence-electron chi connectivity index (χ4n) is 2.42. The summed E-state index contributed by atoms with van der Waals surface area (Å²) in [7, 11) is 1.75. The van der Waals surface area contributed by atoms with Gasteiger partial charge in [-0.25, -0.2) is 0 Å². The number of halogens is 2. The number of rotatable bonds is 2. The second-order valence-corrected chi connectivity index (χ2v) is 5.99. The molecule has 1 aromatic heterocycles. The summed E-state index contributed by atoms with van der Waals surface area (Å²) in [6, 6.07) is 11.0.